The van der Waals surface area contributed by atoms with E-state index in [-0.39, 0.29) is 0 Å². The van der Waals surface area contributed by atoms with E-state index in [1.807, 2.05) is 12.1 Å². The molecule has 42 heavy (non-hydrogen) atoms. The maximum Gasteiger partial charge on any atom is 0.140 e. The predicted octanol–water partition coefficient (Wildman–Crippen LogP) is 9.28. The molecule has 0 saturated carbocycles. The zero-order chi connectivity index (χ0) is 28.2. The van der Waals surface area contributed by atoms with Crippen LogP contribution in [0.4, 0.5) is 0 Å². The first-order valence-corrected chi connectivity index (χ1v) is 14.2. The molecule has 0 unspecified atom stereocenters. The van der Waals surface area contributed by atoms with Gasteiger partial charge >= 0.3 is 0 Å². The lowest BCUT2D eigenvalue weighted by molar-refractivity contribution is 0.959. The first-order chi connectivity index (χ1) is 20.6. The van der Waals surface area contributed by atoms with Gasteiger partial charge in [0.2, 0.25) is 0 Å². The summed E-state index contributed by atoms with van der Waals surface area (Å²) in [6.07, 6.45) is 0. The van der Waals surface area contributed by atoms with Crippen LogP contribution in [-0.2, 0) is 14.1 Å². The lowest BCUT2D eigenvalue weighted by Crippen LogP contribution is -1.93. The van der Waals surface area contributed by atoms with Crippen molar-refractivity contribution in [3.63, 3.8) is 0 Å². The molecule has 0 amide bonds. The third-order valence-corrected chi connectivity index (χ3v) is 8.32. The summed E-state index contributed by atoms with van der Waals surface area (Å²) in [5.74, 6) is 1.95. The van der Waals surface area contributed by atoms with Gasteiger partial charge in [0.15, 0.2) is 0 Å². The van der Waals surface area contributed by atoms with E-state index in [9.17, 15) is 0 Å². The van der Waals surface area contributed by atoms with E-state index in [2.05, 4.69) is 145 Å². The average molecular weight is 541 g/mol. The van der Waals surface area contributed by atoms with Crippen molar-refractivity contribution < 1.29 is 0 Å². The molecule has 0 spiro atoms. The summed E-state index contributed by atoms with van der Waals surface area (Å²) >= 11 is 0. The van der Waals surface area contributed by atoms with Gasteiger partial charge in [-0.25, -0.2) is 9.97 Å². The zero-order valence-corrected chi connectivity index (χ0v) is 23.5. The standard InChI is InChI=1S/C38H28N4/c1-41-35-15-5-3-13-33(35)39-37(41)30-11-7-9-26(21-30)28-19-17-25-18-20-29(24-32(25)23-28)27-10-8-12-31(22-27)38-40-34-14-4-6-16-36(34)42(38)2/h3-24H,1-2H3. The Labute approximate surface area is 244 Å². The number of aromatic nitrogens is 4. The zero-order valence-electron chi connectivity index (χ0n) is 23.5. The van der Waals surface area contributed by atoms with Gasteiger partial charge in [-0.15, -0.1) is 0 Å². The van der Waals surface area contributed by atoms with Crippen LogP contribution in [0.2, 0.25) is 0 Å². The number of hydrogen-bond acceptors (Lipinski definition) is 2. The third-order valence-electron chi connectivity index (χ3n) is 8.32. The normalized spacial score (nSPS) is 11.6. The van der Waals surface area contributed by atoms with Gasteiger partial charge in [-0.1, -0.05) is 84.9 Å². The number of fused-ring (bicyclic) bond motifs is 3. The van der Waals surface area contributed by atoms with Crippen molar-refractivity contribution in [2.45, 2.75) is 0 Å². The molecule has 0 saturated heterocycles. The lowest BCUT2D eigenvalue weighted by Gasteiger charge is -2.10. The van der Waals surface area contributed by atoms with E-state index in [4.69, 9.17) is 9.97 Å². The van der Waals surface area contributed by atoms with E-state index in [0.717, 1.165) is 44.8 Å². The van der Waals surface area contributed by atoms with E-state index in [1.165, 1.54) is 33.0 Å². The first-order valence-electron chi connectivity index (χ1n) is 14.2. The fourth-order valence-electron chi connectivity index (χ4n) is 6.09. The number of nitrogens with zero attached hydrogens (tertiary/aromatic N) is 4. The Morgan fingerprint density at radius 1 is 0.381 bits per heavy atom. The summed E-state index contributed by atoms with van der Waals surface area (Å²) in [5, 5.41) is 2.44. The molecule has 0 atom stereocenters. The monoisotopic (exact) mass is 540 g/mol. The quantitative estimate of drug-likeness (QED) is 0.223. The van der Waals surface area contributed by atoms with E-state index in [0.29, 0.717) is 0 Å². The molecule has 4 heteroatoms. The Morgan fingerprint density at radius 2 is 0.810 bits per heavy atom. The van der Waals surface area contributed by atoms with Crippen LogP contribution in [0.1, 0.15) is 0 Å². The van der Waals surface area contributed by atoms with Crippen molar-refractivity contribution in [2.24, 2.45) is 14.1 Å². The second-order valence-corrected chi connectivity index (χ2v) is 10.9. The summed E-state index contributed by atoms with van der Waals surface area (Å²) in [5.41, 5.74) is 11.2. The van der Waals surface area contributed by atoms with Gasteiger partial charge < -0.3 is 9.13 Å². The molecular formula is C38H28N4. The van der Waals surface area contributed by atoms with Gasteiger partial charge in [-0.05, 0) is 81.6 Å². The molecule has 0 aliphatic rings. The van der Waals surface area contributed by atoms with E-state index >= 15 is 0 Å². The molecule has 4 nitrogen and oxygen atoms in total. The molecule has 0 fully saturated rings. The van der Waals surface area contributed by atoms with Crippen LogP contribution in [-0.4, -0.2) is 19.1 Å². The molecule has 2 aromatic heterocycles. The highest BCUT2D eigenvalue weighted by Crippen LogP contribution is 2.33. The minimum Gasteiger partial charge on any atom is -0.327 e. The van der Waals surface area contributed by atoms with Crippen LogP contribution >= 0.6 is 0 Å². The second-order valence-electron chi connectivity index (χ2n) is 10.9. The third kappa shape index (κ3) is 4.00. The highest BCUT2D eigenvalue weighted by atomic mass is 15.1. The van der Waals surface area contributed by atoms with Crippen molar-refractivity contribution in [2.75, 3.05) is 0 Å². The first kappa shape index (κ1) is 24.3. The van der Waals surface area contributed by atoms with Crippen LogP contribution in [0.3, 0.4) is 0 Å². The van der Waals surface area contributed by atoms with Gasteiger partial charge in [0.05, 0.1) is 22.1 Å². The Morgan fingerprint density at radius 3 is 1.29 bits per heavy atom. The van der Waals surface area contributed by atoms with Crippen LogP contribution in [0.25, 0.3) is 77.9 Å². The molecule has 0 bridgehead atoms. The van der Waals surface area contributed by atoms with Crippen molar-refractivity contribution in [1.82, 2.24) is 19.1 Å². The summed E-state index contributed by atoms with van der Waals surface area (Å²) in [6, 6.07) is 47.4. The van der Waals surface area contributed by atoms with Gasteiger partial charge in [0.25, 0.3) is 0 Å². The van der Waals surface area contributed by atoms with Crippen molar-refractivity contribution >= 4 is 32.8 Å². The number of aryl methyl sites for hydroxylation is 2. The van der Waals surface area contributed by atoms with Gasteiger partial charge in [-0.2, -0.15) is 0 Å². The van der Waals surface area contributed by atoms with Crippen molar-refractivity contribution in [1.29, 1.82) is 0 Å². The Balaban J connectivity index is 1.17. The number of para-hydroxylation sites is 4. The Bertz CT molecular complexity index is 2130. The summed E-state index contributed by atoms with van der Waals surface area (Å²) in [7, 11) is 4.17. The van der Waals surface area contributed by atoms with Crippen molar-refractivity contribution in [3.8, 4) is 45.0 Å². The van der Waals surface area contributed by atoms with E-state index in [1.54, 1.807) is 0 Å². The number of imidazole rings is 2. The molecule has 2 heterocycles. The number of hydrogen-bond donors (Lipinski definition) is 0. The fourth-order valence-corrected chi connectivity index (χ4v) is 6.09. The molecule has 0 aliphatic heterocycles. The highest BCUT2D eigenvalue weighted by molar-refractivity contribution is 5.92. The Kier molecular flexibility index (Phi) is 5.54. The minimum absolute atomic E-state index is 0.974. The molecule has 0 aliphatic carbocycles. The summed E-state index contributed by atoms with van der Waals surface area (Å²) in [4.78, 5) is 9.83. The molecular weight excluding hydrogens is 512 g/mol. The topological polar surface area (TPSA) is 35.6 Å². The lowest BCUT2D eigenvalue weighted by atomic mass is 9.96. The average Bonchev–Trinajstić information content (AvgIpc) is 3.57. The van der Waals surface area contributed by atoms with Crippen LogP contribution in [0.5, 0.6) is 0 Å². The molecule has 0 radical (unpaired) electrons. The number of rotatable bonds is 4. The fraction of sp³-hybridized carbons (Fsp3) is 0.0526. The molecule has 8 aromatic rings. The smallest absolute Gasteiger partial charge is 0.140 e. The molecule has 0 N–H and O–H groups in total. The second kappa shape index (κ2) is 9.57. The SMILES string of the molecule is Cn1c(-c2cccc(-c3ccc4ccc(-c5cccc(-c6nc7ccccc7n6C)c5)cc4c3)c2)nc2ccccc21. The maximum atomic E-state index is 4.92. The van der Waals surface area contributed by atoms with E-state index < -0.39 is 0 Å². The van der Waals surface area contributed by atoms with Gasteiger partial charge in [0, 0.05) is 25.2 Å². The van der Waals surface area contributed by atoms with Crippen molar-refractivity contribution in [3.05, 3.63) is 133 Å². The predicted molar refractivity (Wildman–Crippen MR) is 174 cm³/mol. The molecule has 8 rings (SSSR count). The largest absolute Gasteiger partial charge is 0.327 e. The minimum atomic E-state index is 0.974. The number of benzene rings is 6. The van der Waals surface area contributed by atoms with Gasteiger partial charge in [-0.3, -0.25) is 0 Å². The van der Waals surface area contributed by atoms with Crippen LogP contribution < -0.4 is 0 Å². The maximum absolute atomic E-state index is 4.92. The Hall–Kier alpha value is -5.48. The summed E-state index contributed by atoms with van der Waals surface area (Å²) < 4.78 is 4.34. The van der Waals surface area contributed by atoms with Gasteiger partial charge in [0.1, 0.15) is 11.6 Å². The van der Waals surface area contributed by atoms with Crippen LogP contribution in [0, 0.1) is 0 Å². The highest BCUT2D eigenvalue weighted by Gasteiger charge is 2.12. The molecule has 200 valence electrons. The summed E-state index contributed by atoms with van der Waals surface area (Å²) in [6.45, 7) is 0. The van der Waals surface area contributed by atoms with Crippen LogP contribution in [0.15, 0.2) is 133 Å². The molecule has 6 aromatic carbocycles.